The average Bonchev–Trinajstić information content (AvgIpc) is 3.00. The first-order valence-electron chi connectivity index (χ1n) is 8.74. The van der Waals surface area contributed by atoms with Crippen LogP contribution in [0.25, 0.3) is 11.0 Å². The Hall–Kier alpha value is -2.40. The summed E-state index contributed by atoms with van der Waals surface area (Å²) in [5.74, 6) is 1.48. The van der Waals surface area contributed by atoms with Gasteiger partial charge in [-0.15, -0.1) is 0 Å². The van der Waals surface area contributed by atoms with Gasteiger partial charge in [-0.1, -0.05) is 18.2 Å². The van der Waals surface area contributed by atoms with E-state index in [1.165, 1.54) is 12.1 Å². The third-order valence-corrected chi connectivity index (χ3v) is 4.78. The van der Waals surface area contributed by atoms with Crippen molar-refractivity contribution in [2.75, 3.05) is 20.1 Å². The maximum atomic E-state index is 13.4. The second-order valence-corrected chi connectivity index (χ2v) is 6.75. The topological polar surface area (TPSA) is 41.1 Å². The quantitative estimate of drug-likeness (QED) is 0.787. The molecular formula is C20H22FN3O. The highest BCUT2D eigenvalue weighted by atomic mass is 19.1. The van der Waals surface area contributed by atoms with Crippen LogP contribution in [0.3, 0.4) is 0 Å². The number of ether oxygens (including phenoxy) is 1. The number of nitrogens with zero attached hydrogens (tertiary/aromatic N) is 2. The van der Waals surface area contributed by atoms with E-state index in [-0.39, 0.29) is 11.9 Å². The molecule has 1 aliphatic heterocycles. The predicted octanol–water partition coefficient (Wildman–Crippen LogP) is 3.77. The second kappa shape index (κ2) is 6.84. The van der Waals surface area contributed by atoms with Gasteiger partial charge < -0.3 is 14.6 Å². The van der Waals surface area contributed by atoms with Crippen molar-refractivity contribution >= 4 is 11.0 Å². The first kappa shape index (κ1) is 16.1. The zero-order valence-corrected chi connectivity index (χ0v) is 14.3. The van der Waals surface area contributed by atoms with Crippen molar-refractivity contribution in [3.63, 3.8) is 0 Å². The Balaban J connectivity index is 1.53. The molecule has 25 heavy (non-hydrogen) atoms. The normalized spacial score (nSPS) is 16.4. The molecule has 0 saturated carbocycles. The molecule has 0 radical (unpaired) electrons. The number of rotatable bonds is 4. The summed E-state index contributed by atoms with van der Waals surface area (Å²) in [6.45, 7) is 2.14. The Kier molecular flexibility index (Phi) is 4.40. The number of para-hydroxylation sites is 1. The van der Waals surface area contributed by atoms with Gasteiger partial charge in [-0.3, -0.25) is 0 Å². The number of hydrogen-bond donors (Lipinski definition) is 1. The van der Waals surface area contributed by atoms with Crippen LogP contribution in [0.4, 0.5) is 4.39 Å². The Morgan fingerprint density at radius 1 is 1.20 bits per heavy atom. The number of aromatic amines is 1. The zero-order chi connectivity index (χ0) is 17.2. The fourth-order valence-corrected chi connectivity index (χ4v) is 3.35. The van der Waals surface area contributed by atoms with Crippen LogP contribution in [0.5, 0.6) is 5.75 Å². The molecule has 0 bridgehead atoms. The standard InChI is InChI=1S/C20H22FN3O/c1-24-10-8-16(9-11-24)25-19-5-3-2-4-14(19)12-20-22-17-7-6-15(21)13-18(17)23-20/h2-7,13,16H,8-12H2,1H3,(H,22,23). The maximum absolute atomic E-state index is 13.4. The SMILES string of the molecule is CN1CCC(Oc2ccccc2Cc2nc3ccc(F)cc3[nH]2)CC1. The molecule has 1 aliphatic rings. The van der Waals surface area contributed by atoms with Crippen molar-refractivity contribution in [2.24, 2.45) is 0 Å². The first-order chi connectivity index (χ1) is 12.2. The molecule has 2 heterocycles. The van der Waals surface area contributed by atoms with E-state index in [9.17, 15) is 4.39 Å². The lowest BCUT2D eigenvalue weighted by Gasteiger charge is -2.29. The molecule has 1 aromatic heterocycles. The highest BCUT2D eigenvalue weighted by Crippen LogP contribution is 2.25. The largest absolute Gasteiger partial charge is 0.490 e. The number of aromatic nitrogens is 2. The van der Waals surface area contributed by atoms with Crippen molar-refractivity contribution in [1.82, 2.24) is 14.9 Å². The first-order valence-corrected chi connectivity index (χ1v) is 8.74. The van der Waals surface area contributed by atoms with E-state index in [2.05, 4.69) is 28.0 Å². The summed E-state index contributed by atoms with van der Waals surface area (Å²) in [6.07, 6.45) is 3.00. The van der Waals surface area contributed by atoms with E-state index in [0.717, 1.165) is 54.1 Å². The minimum Gasteiger partial charge on any atom is -0.490 e. The number of likely N-dealkylation sites (tertiary alicyclic amines) is 1. The van der Waals surface area contributed by atoms with Crippen LogP contribution >= 0.6 is 0 Å². The molecule has 0 amide bonds. The molecule has 0 atom stereocenters. The molecule has 0 aliphatic carbocycles. The van der Waals surface area contributed by atoms with E-state index in [0.29, 0.717) is 6.42 Å². The second-order valence-electron chi connectivity index (χ2n) is 6.75. The third-order valence-electron chi connectivity index (χ3n) is 4.78. The molecule has 4 rings (SSSR count). The monoisotopic (exact) mass is 339 g/mol. The van der Waals surface area contributed by atoms with Crippen LogP contribution in [0, 0.1) is 5.82 Å². The van der Waals surface area contributed by atoms with Crippen LogP contribution in [0.1, 0.15) is 24.2 Å². The Bertz CT molecular complexity index is 868. The van der Waals surface area contributed by atoms with E-state index in [1.54, 1.807) is 6.07 Å². The molecule has 1 saturated heterocycles. The lowest BCUT2D eigenvalue weighted by Crippen LogP contribution is -2.35. The molecule has 1 N–H and O–H groups in total. The zero-order valence-electron chi connectivity index (χ0n) is 14.3. The van der Waals surface area contributed by atoms with Crippen LogP contribution < -0.4 is 4.74 Å². The fraction of sp³-hybridized carbons (Fsp3) is 0.350. The van der Waals surface area contributed by atoms with Crippen molar-refractivity contribution in [2.45, 2.75) is 25.4 Å². The molecule has 130 valence electrons. The summed E-state index contributed by atoms with van der Waals surface area (Å²) in [7, 11) is 2.15. The minimum atomic E-state index is -0.256. The van der Waals surface area contributed by atoms with Crippen molar-refractivity contribution < 1.29 is 9.13 Å². The summed E-state index contributed by atoms with van der Waals surface area (Å²) in [5, 5.41) is 0. The number of H-pyrrole nitrogens is 1. The molecular weight excluding hydrogens is 317 g/mol. The number of fused-ring (bicyclic) bond motifs is 1. The van der Waals surface area contributed by atoms with E-state index >= 15 is 0 Å². The number of imidazole rings is 1. The number of hydrogen-bond acceptors (Lipinski definition) is 3. The molecule has 0 unspecified atom stereocenters. The highest BCUT2D eigenvalue weighted by molar-refractivity contribution is 5.75. The van der Waals surface area contributed by atoms with Gasteiger partial charge in [-0.2, -0.15) is 0 Å². The van der Waals surface area contributed by atoms with Gasteiger partial charge in [-0.05, 0) is 44.2 Å². The molecule has 5 heteroatoms. The lowest BCUT2D eigenvalue weighted by molar-refractivity contribution is 0.113. The van der Waals surface area contributed by atoms with E-state index in [4.69, 9.17) is 4.74 Å². The van der Waals surface area contributed by atoms with Crippen molar-refractivity contribution in [3.8, 4) is 5.75 Å². The molecule has 1 fully saturated rings. The van der Waals surface area contributed by atoms with E-state index < -0.39 is 0 Å². The number of benzene rings is 2. The molecule has 3 aromatic rings. The van der Waals surface area contributed by atoms with Crippen LogP contribution in [-0.2, 0) is 6.42 Å². The summed E-state index contributed by atoms with van der Waals surface area (Å²) in [4.78, 5) is 10.1. The number of halogens is 1. The van der Waals surface area contributed by atoms with Gasteiger partial charge >= 0.3 is 0 Å². The summed E-state index contributed by atoms with van der Waals surface area (Å²) in [5.41, 5.74) is 2.61. The van der Waals surface area contributed by atoms with Gasteiger partial charge in [-0.25, -0.2) is 9.37 Å². The fourth-order valence-electron chi connectivity index (χ4n) is 3.35. The van der Waals surface area contributed by atoms with Gasteiger partial charge in [0.15, 0.2) is 0 Å². The Morgan fingerprint density at radius 3 is 2.84 bits per heavy atom. The van der Waals surface area contributed by atoms with Gasteiger partial charge in [0, 0.05) is 25.1 Å². The number of piperidine rings is 1. The summed E-state index contributed by atoms with van der Waals surface area (Å²) < 4.78 is 19.6. The van der Waals surface area contributed by atoms with Crippen LogP contribution in [0.15, 0.2) is 42.5 Å². The number of nitrogens with one attached hydrogen (secondary N) is 1. The van der Waals surface area contributed by atoms with Crippen LogP contribution in [0.2, 0.25) is 0 Å². The average molecular weight is 339 g/mol. The molecule has 2 aromatic carbocycles. The maximum Gasteiger partial charge on any atom is 0.125 e. The molecule has 0 spiro atoms. The van der Waals surface area contributed by atoms with E-state index in [1.807, 2.05) is 18.2 Å². The van der Waals surface area contributed by atoms with Gasteiger partial charge in [0.05, 0.1) is 11.0 Å². The Morgan fingerprint density at radius 2 is 2.00 bits per heavy atom. The van der Waals surface area contributed by atoms with Crippen molar-refractivity contribution in [1.29, 1.82) is 0 Å². The smallest absolute Gasteiger partial charge is 0.125 e. The van der Waals surface area contributed by atoms with Gasteiger partial charge in [0.25, 0.3) is 0 Å². The third kappa shape index (κ3) is 3.66. The van der Waals surface area contributed by atoms with Crippen LogP contribution in [-0.4, -0.2) is 41.1 Å². The van der Waals surface area contributed by atoms with Crippen molar-refractivity contribution in [3.05, 3.63) is 59.7 Å². The predicted molar refractivity (Wildman–Crippen MR) is 96.4 cm³/mol. The van der Waals surface area contributed by atoms with Gasteiger partial charge in [0.2, 0.25) is 0 Å². The minimum absolute atomic E-state index is 0.256. The Labute approximate surface area is 146 Å². The highest BCUT2D eigenvalue weighted by Gasteiger charge is 2.19. The molecule has 4 nitrogen and oxygen atoms in total. The lowest BCUT2D eigenvalue weighted by atomic mass is 10.1. The van der Waals surface area contributed by atoms with Gasteiger partial charge in [0.1, 0.15) is 23.5 Å². The summed E-state index contributed by atoms with van der Waals surface area (Å²) >= 11 is 0. The summed E-state index contributed by atoms with van der Waals surface area (Å²) in [6, 6.07) is 12.7.